The van der Waals surface area contributed by atoms with Crippen LogP contribution >= 0.6 is 0 Å². The third-order valence-electron chi connectivity index (χ3n) is 10.9. The highest BCUT2D eigenvalue weighted by Crippen LogP contribution is 2.72. The second-order valence-corrected chi connectivity index (χ2v) is 13.5. The standard InChI is InChI=1S/C28H35N3O4/c1-15-9-26-11-19-25(4,5)28(13-27(19,14-31(26)12-15)30(6)23(26)34)16-7-8-18-20(21(16)29-22(28)33)17(32)10-24(2,3)35-18/h7-8,15,19H,9-14H2,1-6H3,(H,29,33)/t15-,19-,26-,27+,28-/m0/s1. The first kappa shape index (κ1) is 21.8. The van der Waals surface area contributed by atoms with Crippen molar-refractivity contribution < 1.29 is 19.1 Å². The van der Waals surface area contributed by atoms with Crippen LogP contribution in [-0.2, 0) is 15.0 Å². The lowest BCUT2D eigenvalue weighted by atomic mass is 9.57. The summed E-state index contributed by atoms with van der Waals surface area (Å²) in [4.78, 5) is 45.7. The summed E-state index contributed by atoms with van der Waals surface area (Å²) in [6.45, 7) is 12.3. The Morgan fingerprint density at radius 3 is 2.57 bits per heavy atom. The van der Waals surface area contributed by atoms with Crippen LogP contribution in [0.25, 0.3) is 0 Å². The molecular weight excluding hydrogens is 442 g/mol. The predicted octanol–water partition coefficient (Wildman–Crippen LogP) is 3.36. The highest BCUT2D eigenvalue weighted by Gasteiger charge is 2.79. The van der Waals surface area contributed by atoms with Gasteiger partial charge in [0.2, 0.25) is 11.8 Å². The van der Waals surface area contributed by atoms with E-state index in [1.807, 2.05) is 37.9 Å². The van der Waals surface area contributed by atoms with E-state index in [9.17, 15) is 14.4 Å². The molecule has 0 radical (unpaired) electrons. The van der Waals surface area contributed by atoms with Crippen LogP contribution in [0, 0.1) is 17.3 Å². The van der Waals surface area contributed by atoms with Gasteiger partial charge in [0, 0.05) is 20.1 Å². The Morgan fingerprint density at radius 1 is 1.09 bits per heavy atom. The third kappa shape index (κ3) is 2.18. The van der Waals surface area contributed by atoms with Gasteiger partial charge < -0.3 is 15.0 Å². The molecule has 2 bridgehead atoms. The van der Waals surface area contributed by atoms with Crippen molar-refractivity contribution in [1.82, 2.24) is 9.80 Å². The normalized spacial score (nSPS) is 42.0. The van der Waals surface area contributed by atoms with E-state index < -0.39 is 27.5 Å². The molecule has 5 fully saturated rings. The highest BCUT2D eigenvalue weighted by atomic mass is 16.5. The van der Waals surface area contributed by atoms with Gasteiger partial charge in [0.15, 0.2) is 5.78 Å². The number of benzene rings is 1. The molecule has 7 aliphatic rings. The quantitative estimate of drug-likeness (QED) is 0.620. The number of likely N-dealkylation sites (N-methyl/N-ethyl adjacent to an activating group) is 1. The minimum Gasteiger partial charge on any atom is -0.487 e. The predicted molar refractivity (Wildman–Crippen MR) is 130 cm³/mol. The molecule has 7 heteroatoms. The zero-order valence-electron chi connectivity index (χ0n) is 21.6. The molecule has 0 unspecified atom stereocenters. The molecule has 1 aromatic carbocycles. The number of anilines is 1. The van der Waals surface area contributed by atoms with Crippen LogP contribution in [0.4, 0.5) is 5.69 Å². The summed E-state index contributed by atoms with van der Waals surface area (Å²) < 4.78 is 6.15. The first-order valence-electron chi connectivity index (χ1n) is 13.0. The van der Waals surface area contributed by atoms with Crippen molar-refractivity contribution in [3.63, 3.8) is 0 Å². The third-order valence-corrected chi connectivity index (χ3v) is 10.9. The number of carbonyl (C=O) groups is 3. The molecule has 1 aliphatic carbocycles. The van der Waals surface area contributed by atoms with Crippen molar-refractivity contribution in [2.45, 2.75) is 82.4 Å². The summed E-state index contributed by atoms with van der Waals surface area (Å²) in [6.07, 6.45) is 2.56. The zero-order chi connectivity index (χ0) is 24.9. The van der Waals surface area contributed by atoms with Crippen LogP contribution in [0.2, 0.25) is 0 Å². The fourth-order valence-electron chi connectivity index (χ4n) is 9.49. The van der Waals surface area contributed by atoms with Crippen molar-refractivity contribution in [1.29, 1.82) is 0 Å². The maximum absolute atomic E-state index is 14.1. The Labute approximate surface area is 206 Å². The molecule has 7 nitrogen and oxygen atoms in total. The Morgan fingerprint density at radius 2 is 1.83 bits per heavy atom. The van der Waals surface area contributed by atoms with E-state index in [1.165, 1.54) is 0 Å². The summed E-state index contributed by atoms with van der Waals surface area (Å²) in [5.74, 6) is 1.44. The monoisotopic (exact) mass is 477 g/mol. The molecule has 3 spiro atoms. The van der Waals surface area contributed by atoms with E-state index in [2.05, 4.69) is 31.0 Å². The molecule has 1 N–H and O–H groups in total. The van der Waals surface area contributed by atoms with Gasteiger partial charge in [-0.25, -0.2) is 0 Å². The zero-order valence-corrected chi connectivity index (χ0v) is 21.6. The SMILES string of the molecule is C[C@@H]1CN2C[C@]34C[C@]5(C(=O)Nc6c5ccc5c6C(=O)CC(C)(C)O5)C(C)(C)[C@@H]3C[C@@]2(C1)C(=O)N4C. The number of nitrogens with one attached hydrogen (secondary N) is 1. The number of carbonyl (C=O) groups excluding carboxylic acids is 3. The Hall–Kier alpha value is -2.41. The minimum absolute atomic E-state index is 0.0126. The fraction of sp³-hybridized carbons (Fsp3) is 0.679. The van der Waals surface area contributed by atoms with Gasteiger partial charge in [0.05, 0.1) is 28.6 Å². The topological polar surface area (TPSA) is 79.0 Å². The van der Waals surface area contributed by atoms with Crippen molar-refractivity contribution >= 4 is 23.3 Å². The number of piperidine rings is 2. The molecule has 0 aromatic heterocycles. The van der Waals surface area contributed by atoms with Gasteiger partial charge in [-0.15, -0.1) is 0 Å². The van der Waals surface area contributed by atoms with Gasteiger partial charge >= 0.3 is 0 Å². The summed E-state index contributed by atoms with van der Waals surface area (Å²) in [6, 6.07) is 3.89. The van der Waals surface area contributed by atoms with Crippen LogP contribution in [-0.4, -0.2) is 64.2 Å². The average Bonchev–Trinajstić information content (AvgIpc) is 3.30. The fourth-order valence-corrected chi connectivity index (χ4v) is 9.49. The number of hydrogen-bond acceptors (Lipinski definition) is 5. The number of hydrogen-bond donors (Lipinski definition) is 1. The molecule has 6 heterocycles. The molecule has 186 valence electrons. The number of amides is 2. The molecule has 1 aromatic rings. The summed E-state index contributed by atoms with van der Waals surface area (Å²) in [7, 11) is 1.96. The number of rotatable bonds is 0. The second-order valence-electron chi connectivity index (χ2n) is 13.5. The molecule has 8 rings (SSSR count). The largest absolute Gasteiger partial charge is 0.487 e. The number of ether oxygens (including phenoxy) is 1. The van der Waals surface area contributed by atoms with Gasteiger partial charge in [0.25, 0.3) is 0 Å². The first-order chi connectivity index (χ1) is 16.3. The number of nitrogens with zero attached hydrogens (tertiary/aromatic N) is 2. The van der Waals surface area contributed by atoms with E-state index in [1.54, 1.807) is 0 Å². The Balaban J connectivity index is 1.42. The highest BCUT2D eigenvalue weighted by molar-refractivity contribution is 6.15. The maximum Gasteiger partial charge on any atom is 0.243 e. The van der Waals surface area contributed by atoms with E-state index in [-0.39, 0.29) is 29.9 Å². The molecule has 5 atom stereocenters. The van der Waals surface area contributed by atoms with Crippen LogP contribution in [0.1, 0.15) is 76.2 Å². The van der Waals surface area contributed by atoms with Gasteiger partial charge in [-0.2, -0.15) is 0 Å². The molecule has 35 heavy (non-hydrogen) atoms. The van der Waals surface area contributed by atoms with Crippen LogP contribution in [0.5, 0.6) is 5.75 Å². The van der Waals surface area contributed by atoms with Crippen molar-refractivity contribution in [3.8, 4) is 5.75 Å². The van der Waals surface area contributed by atoms with E-state index in [4.69, 9.17) is 4.74 Å². The Kier molecular flexibility index (Phi) is 3.70. The van der Waals surface area contributed by atoms with E-state index >= 15 is 0 Å². The number of fused-ring (bicyclic) bond motifs is 5. The average molecular weight is 478 g/mol. The number of ketones is 1. The van der Waals surface area contributed by atoms with Gasteiger partial charge in [-0.05, 0) is 62.0 Å². The lowest BCUT2D eigenvalue weighted by Crippen LogP contribution is -2.78. The molecular formula is C28H35N3O4. The van der Waals surface area contributed by atoms with Crippen molar-refractivity contribution in [3.05, 3.63) is 23.3 Å². The van der Waals surface area contributed by atoms with Gasteiger partial charge in [0.1, 0.15) is 16.9 Å². The van der Waals surface area contributed by atoms with E-state index in [0.717, 1.165) is 31.5 Å². The van der Waals surface area contributed by atoms with E-state index in [0.29, 0.717) is 29.3 Å². The lowest BCUT2D eigenvalue weighted by molar-refractivity contribution is -0.184. The van der Waals surface area contributed by atoms with Gasteiger partial charge in [-0.3, -0.25) is 19.3 Å². The molecule has 4 saturated heterocycles. The molecule has 1 saturated carbocycles. The maximum atomic E-state index is 14.1. The Bertz CT molecular complexity index is 1250. The number of piperazine rings is 1. The second kappa shape index (κ2) is 5.93. The van der Waals surface area contributed by atoms with Crippen molar-refractivity contribution in [2.75, 3.05) is 25.5 Å². The summed E-state index contributed by atoms with van der Waals surface area (Å²) in [5, 5.41) is 3.16. The lowest BCUT2D eigenvalue weighted by Gasteiger charge is -2.64. The van der Waals surface area contributed by atoms with Crippen LogP contribution in [0.3, 0.4) is 0 Å². The summed E-state index contributed by atoms with van der Waals surface area (Å²) in [5.41, 5.74) is -0.555. The van der Waals surface area contributed by atoms with Crippen molar-refractivity contribution in [2.24, 2.45) is 17.3 Å². The molecule has 2 amide bonds. The smallest absolute Gasteiger partial charge is 0.243 e. The van der Waals surface area contributed by atoms with Gasteiger partial charge in [-0.1, -0.05) is 26.8 Å². The first-order valence-corrected chi connectivity index (χ1v) is 13.0. The minimum atomic E-state index is -0.805. The van der Waals surface area contributed by atoms with Crippen LogP contribution < -0.4 is 10.1 Å². The molecule has 6 aliphatic heterocycles. The number of Topliss-reactive ketones (excluding diaryl/α,β-unsaturated/α-hetero) is 1. The summed E-state index contributed by atoms with van der Waals surface area (Å²) >= 11 is 0. The van der Waals surface area contributed by atoms with Crippen LogP contribution in [0.15, 0.2) is 12.1 Å².